The predicted molar refractivity (Wildman–Crippen MR) is 163 cm³/mol. The summed E-state index contributed by atoms with van der Waals surface area (Å²) in [6, 6.07) is 22.3. The molecule has 0 bridgehead atoms. The number of hydrogen-bond acceptors (Lipinski definition) is 7. The lowest BCUT2D eigenvalue weighted by Crippen LogP contribution is -2.33. The van der Waals surface area contributed by atoms with Crippen LogP contribution in [0.2, 0.25) is 0 Å². The van der Waals surface area contributed by atoms with Gasteiger partial charge in [-0.05, 0) is 72.5 Å². The van der Waals surface area contributed by atoms with Crippen LogP contribution in [0, 0.1) is 0 Å². The summed E-state index contributed by atoms with van der Waals surface area (Å²) in [6.07, 6.45) is 6.62. The quantitative estimate of drug-likeness (QED) is 0.199. The third-order valence-electron chi connectivity index (χ3n) is 8.00. The van der Waals surface area contributed by atoms with E-state index in [1.54, 1.807) is 0 Å². The second-order valence-corrected chi connectivity index (χ2v) is 10.9. The van der Waals surface area contributed by atoms with Crippen LogP contribution in [0.15, 0.2) is 66.7 Å². The zero-order valence-corrected chi connectivity index (χ0v) is 24.1. The van der Waals surface area contributed by atoms with Crippen molar-refractivity contribution in [3.8, 4) is 22.5 Å². The molecule has 0 unspecified atom stereocenters. The summed E-state index contributed by atoms with van der Waals surface area (Å²) in [4.78, 5) is 20.8. The predicted octanol–water partition coefficient (Wildman–Crippen LogP) is 5.92. The average molecular weight is 564 g/mol. The second kappa shape index (κ2) is 13.1. The highest BCUT2D eigenvalue weighted by molar-refractivity contribution is 6.02. The maximum atomic E-state index is 13.4. The molecule has 1 fully saturated rings. The molecule has 6 rings (SSSR count). The third kappa shape index (κ3) is 6.11. The van der Waals surface area contributed by atoms with Gasteiger partial charge in [0, 0.05) is 25.1 Å². The number of para-hydroxylation sites is 1. The minimum atomic E-state index is -0.298. The molecule has 2 aromatic heterocycles. The Morgan fingerprint density at radius 3 is 2.62 bits per heavy atom. The van der Waals surface area contributed by atoms with Gasteiger partial charge in [-0.2, -0.15) is 5.21 Å². The summed E-state index contributed by atoms with van der Waals surface area (Å²) >= 11 is 0. The van der Waals surface area contributed by atoms with E-state index >= 15 is 0 Å². The second-order valence-electron chi connectivity index (χ2n) is 10.9. The van der Waals surface area contributed by atoms with E-state index in [1.807, 2.05) is 36.4 Å². The Morgan fingerprint density at radius 1 is 0.976 bits per heavy atom. The van der Waals surface area contributed by atoms with Crippen LogP contribution in [0.1, 0.15) is 60.8 Å². The Hall–Kier alpha value is -4.37. The van der Waals surface area contributed by atoms with Crippen molar-refractivity contribution < 1.29 is 9.53 Å². The number of aromatic nitrogens is 6. The molecule has 0 amide bonds. The number of nitrogens with zero attached hydrogens (tertiary/aromatic N) is 6. The van der Waals surface area contributed by atoms with Crippen molar-refractivity contribution in [3.05, 3.63) is 83.7 Å². The van der Waals surface area contributed by atoms with Crippen LogP contribution in [0.4, 0.5) is 0 Å². The molecule has 0 aliphatic carbocycles. The first-order valence-corrected chi connectivity index (χ1v) is 15.0. The molecule has 1 aliphatic heterocycles. The highest BCUT2D eigenvalue weighted by Gasteiger charge is 2.21. The van der Waals surface area contributed by atoms with Crippen LogP contribution in [0.3, 0.4) is 0 Å². The van der Waals surface area contributed by atoms with Gasteiger partial charge in [0.2, 0.25) is 5.82 Å². The third-order valence-corrected chi connectivity index (χ3v) is 8.00. The van der Waals surface area contributed by atoms with Crippen LogP contribution in [-0.2, 0) is 17.7 Å². The van der Waals surface area contributed by atoms with Gasteiger partial charge >= 0.3 is 5.97 Å². The van der Waals surface area contributed by atoms with Gasteiger partial charge in [-0.25, -0.2) is 9.78 Å². The molecule has 1 aliphatic rings. The summed E-state index contributed by atoms with van der Waals surface area (Å²) in [5.41, 5.74) is 6.24. The molecule has 1 saturated heterocycles. The summed E-state index contributed by atoms with van der Waals surface area (Å²) < 4.78 is 8.00. The van der Waals surface area contributed by atoms with Crippen molar-refractivity contribution in [2.24, 2.45) is 0 Å². The van der Waals surface area contributed by atoms with Gasteiger partial charge < -0.3 is 9.30 Å². The number of likely N-dealkylation sites (tertiary alicyclic amines) is 1. The van der Waals surface area contributed by atoms with Crippen molar-refractivity contribution in [1.29, 1.82) is 0 Å². The molecular weight excluding hydrogens is 526 g/mol. The molecule has 0 saturated carbocycles. The van der Waals surface area contributed by atoms with Crippen molar-refractivity contribution in [2.45, 2.75) is 52.0 Å². The fourth-order valence-electron chi connectivity index (χ4n) is 5.83. The number of hydrogen-bond donors (Lipinski definition) is 1. The van der Waals surface area contributed by atoms with Crippen LogP contribution in [0.5, 0.6) is 0 Å². The summed E-state index contributed by atoms with van der Waals surface area (Å²) in [5, 5.41) is 15.0. The smallest absolute Gasteiger partial charge is 0.340 e. The first-order valence-electron chi connectivity index (χ1n) is 15.0. The topological polar surface area (TPSA) is 102 Å². The van der Waals surface area contributed by atoms with Gasteiger partial charge in [-0.3, -0.25) is 4.90 Å². The van der Waals surface area contributed by atoms with Crippen molar-refractivity contribution in [3.63, 3.8) is 0 Å². The van der Waals surface area contributed by atoms with E-state index in [4.69, 9.17) is 9.72 Å². The first-order chi connectivity index (χ1) is 20.7. The average Bonchev–Trinajstić information content (AvgIpc) is 3.70. The van der Waals surface area contributed by atoms with E-state index in [-0.39, 0.29) is 5.97 Å². The number of fused-ring (bicyclic) bond motifs is 1. The minimum absolute atomic E-state index is 0.298. The molecule has 0 atom stereocenters. The molecule has 216 valence electrons. The van der Waals surface area contributed by atoms with E-state index in [0.717, 1.165) is 78.0 Å². The number of carbonyl (C=O) groups excluding carboxylic acids is 1. The number of ether oxygens (including phenoxy) is 1. The van der Waals surface area contributed by atoms with E-state index in [1.165, 1.54) is 19.3 Å². The molecule has 9 nitrogen and oxygen atoms in total. The number of aryl methyl sites for hydroxylation is 1. The Balaban J connectivity index is 1.34. The number of unbranched alkanes of at least 4 members (excludes halogenated alkanes) is 1. The summed E-state index contributed by atoms with van der Waals surface area (Å²) in [5.74, 6) is 1.21. The number of rotatable bonds is 11. The van der Waals surface area contributed by atoms with Crippen LogP contribution < -0.4 is 0 Å². The number of nitrogens with one attached hydrogen (secondary N) is 1. The number of imidazole rings is 1. The molecule has 9 heteroatoms. The van der Waals surface area contributed by atoms with E-state index in [0.29, 0.717) is 24.5 Å². The van der Waals surface area contributed by atoms with Gasteiger partial charge in [0.05, 0.1) is 16.6 Å². The van der Waals surface area contributed by atoms with Gasteiger partial charge in [0.25, 0.3) is 0 Å². The number of benzene rings is 3. The Morgan fingerprint density at radius 2 is 1.83 bits per heavy atom. The number of piperidine rings is 1. The van der Waals surface area contributed by atoms with Crippen LogP contribution >= 0.6 is 0 Å². The maximum absolute atomic E-state index is 13.4. The number of tetrazole rings is 1. The van der Waals surface area contributed by atoms with Gasteiger partial charge in [-0.15, -0.1) is 10.2 Å². The lowest BCUT2D eigenvalue weighted by molar-refractivity contribution is 0.0454. The molecule has 42 heavy (non-hydrogen) atoms. The van der Waals surface area contributed by atoms with Crippen LogP contribution in [0.25, 0.3) is 33.5 Å². The highest BCUT2D eigenvalue weighted by Crippen LogP contribution is 2.32. The molecule has 5 aromatic rings. The van der Waals surface area contributed by atoms with Crippen molar-refractivity contribution >= 4 is 17.0 Å². The first kappa shape index (κ1) is 27.8. The van der Waals surface area contributed by atoms with Gasteiger partial charge in [0.1, 0.15) is 12.4 Å². The Labute approximate surface area is 245 Å². The number of esters is 1. The normalized spacial score (nSPS) is 13.9. The van der Waals surface area contributed by atoms with E-state index < -0.39 is 0 Å². The molecular formula is C33H37N7O2. The van der Waals surface area contributed by atoms with E-state index in [2.05, 4.69) is 67.3 Å². The Kier molecular flexibility index (Phi) is 8.65. The molecule has 0 spiro atoms. The zero-order valence-electron chi connectivity index (χ0n) is 24.1. The fourth-order valence-corrected chi connectivity index (χ4v) is 5.83. The number of H-pyrrole nitrogens is 1. The lowest BCUT2D eigenvalue weighted by atomic mass is 9.97. The zero-order chi connectivity index (χ0) is 28.7. The lowest BCUT2D eigenvalue weighted by Gasteiger charge is -2.25. The standard InChI is InChI=1S/C33H37N7O2/c1-2-3-15-30-34-29-14-10-13-27(33(41)42-21-20-39-18-8-5-9-19-39)31(29)40(30)23-24-16-17-26(25-11-6-4-7-12-25)28(22-24)32-35-37-38-36-32/h4,6-7,10-14,16-17,22H,2-3,5,8-9,15,18-21,23H2,1H3,(H,35,36,37,38). The van der Waals surface area contributed by atoms with Crippen molar-refractivity contribution in [2.75, 3.05) is 26.2 Å². The number of aromatic amines is 1. The summed E-state index contributed by atoms with van der Waals surface area (Å²) in [7, 11) is 0. The minimum Gasteiger partial charge on any atom is -0.461 e. The van der Waals surface area contributed by atoms with Crippen molar-refractivity contribution in [1.82, 2.24) is 35.1 Å². The molecule has 3 heterocycles. The molecule has 0 radical (unpaired) electrons. The monoisotopic (exact) mass is 563 g/mol. The highest BCUT2D eigenvalue weighted by atomic mass is 16.5. The van der Waals surface area contributed by atoms with Crippen LogP contribution in [-0.4, -0.2) is 67.3 Å². The molecule has 1 N–H and O–H groups in total. The SMILES string of the molecule is CCCCc1nc2cccc(C(=O)OCCN3CCCCC3)c2n1Cc1ccc(-c2ccccc2)c(-c2nn[nH]n2)c1. The fraction of sp³-hybridized carbons (Fsp3) is 0.364. The summed E-state index contributed by atoms with van der Waals surface area (Å²) in [6.45, 7) is 6.05. The van der Waals surface area contributed by atoms with E-state index in [9.17, 15) is 4.79 Å². The Bertz CT molecular complexity index is 1620. The van der Waals surface area contributed by atoms with Gasteiger partial charge in [0.15, 0.2) is 0 Å². The number of carbonyl (C=O) groups is 1. The van der Waals surface area contributed by atoms with Gasteiger partial charge in [-0.1, -0.05) is 68.3 Å². The maximum Gasteiger partial charge on any atom is 0.340 e. The molecule has 3 aromatic carbocycles. The largest absolute Gasteiger partial charge is 0.461 e.